The van der Waals surface area contributed by atoms with Crippen LogP contribution in [0.25, 0.3) is 5.70 Å². The Morgan fingerprint density at radius 2 is 1.97 bits per heavy atom. The smallest absolute Gasteiger partial charge is 0.335 e. The maximum Gasteiger partial charge on any atom is 0.335 e. The van der Waals surface area contributed by atoms with Gasteiger partial charge in [-0.05, 0) is 72.5 Å². The number of halogens is 3. The van der Waals surface area contributed by atoms with Gasteiger partial charge in [-0.1, -0.05) is 54.5 Å². The van der Waals surface area contributed by atoms with E-state index < -0.39 is 11.4 Å². The van der Waals surface area contributed by atoms with Crippen LogP contribution in [0.3, 0.4) is 0 Å². The average Bonchev–Trinajstić information content (AvgIpc) is 3.31. The Morgan fingerprint density at radius 1 is 1.24 bits per heavy atom. The van der Waals surface area contributed by atoms with Crippen LogP contribution in [0.15, 0.2) is 78.4 Å². The van der Waals surface area contributed by atoms with E-state index in [4.69, 9.17) is 32.9 Å². The van der Waals surface area contributed by atoms with Crippen molar-refractivity contribution in [1.82, 2.24) is 9.55 Å². The number of hydrogen-bond acceptors (Lipinski definition) is 4. The van der Waals surface area contributed by atoms with E-state index in [2.05, 4.69) is 6.58 Å². The summed E-state index contributed by atoms with van der Waals surface area (Å²) in [5, 5.41) is 10.9. The molecule has 0 bridgehead atoms. The largest absolute Gasteiger partial charge is 0.495 e. The number of carboxylic acid groups (broad SMARTS) is 1. The summed E-state index contributed by atoms with van der Waals surface area (Å²) in [6, 6.07) is 10.1. The minimum absolute atomic E-state index is 0.155. The molecule has 5 nitrogen and oxygen atoms in total. The number of imidazole rings is 1. The fraction of sp³-hybridized carbons (Fsp3) is 0.214. The molecule has 192 valence electrons. The minimum atomic E-state index is -1.03. The van der Waals surface area contributed by atoms with E-state index in [0.717, 1.165) is 11.3 Å². The van der Waals surface area contributed by atoms with Gasteiger partial charge in [0.15, 0.2) is 5.16 Å². The highest BCUT2D eigenvalue weighted by Gasteiger charge is 2.39. The van der Waals surface area contributed by atoms with Crippen LogP contribution in [0.4, 0.5) is 4.39 Å². The van der Waals surface area contributed by atoms with Crippen LogP contribution in [-0.2, 0) is 11.2 Å². The lowest BCUT2D eigenvalue weighted by Crippen LogP contribution is -2.33. The lowest BCUT2D eigenvalue weighted by Gasteiger charge is -2.36. The molecule has 0 amide bonds. The first-order chi connectivity index (χ1) is 17.6. The summed E-state index contributed by atoms with van der Waals surface area (Å²) < 4.78 is 22.2. The molecule has 0 saturated heterocycles. The fourth-order valence-corrected chi connectivity index (χ4v) is 5.83. The number of hydrogen-bond donors (Lipinski definition) is 1. The van der Waals surface area contributed by atoms with E-state index in [1.807, 2.05) is 30.5 Å². The summed E-state index contributed by atoms with van der Waals surface area (Å²) >= 11 is 14.0. The standard InChI is InChI=1S/C28H25Cl2FN2O3S/c1-16-11-21(31)8-5-17(2)33-25(28(16,3)20-7-10-23(30)24(13-20)36-4)14-32-27(33)37-15-19-12-18(26(34)35)6-9-22(19)29/h5-14,16H,2,15H2,1,3-4H3,(H,34,35). The Morgan fingerprint density at radius 3 is 2.68 bits per heavy atom. The summed E-state index contributed by atoms with van der Waals surface area (Å²) in [5.41, 5.74) is 2.29. The summed E-state index contributed by atoms with van der Waals surface area (Å²) in [6.45, 7) is 8.16. The van der Waals surface area contributed by atoms with Crippen molar-refractivity contribution in [3.8, 4) is 5.75 Å². The Kier molecular flexibility index (Phi) is 7.88. The first-order valence-corrected chi connectivity index (χ1v) is 13.1. The molecule has 1 aromatic heterocycles. The molecule has 2 aromatic carbocycles. The molecular weight excluding hydrogens is 534 g/mol. The van der Waals surface area contributed by atoms with Gasteiger partial charge in [0.2, 0.25) is 0 Å². The van der Waals surface area contributed by atoms with Gasteiger partial charge in [-0.3, -0.25) is 4.57 Å². The topological polar surface area (TPSA) is 64.3 Å². The van der Waals surface area contributed by atoms with Crippen LogP contribution in [-0.4, -0.2) is 27.7 Å². The number of aromatic carboxylic acids is 1. The molecular formula is C28H25Cl2FN2O3S. The summed E-state index contributed by atoms with van der Waals surface area (Å²) in [7, 11) is 1.55. The van der Waals surface area contributed by atoms with Gasteiger partial charge in [-0.25, -0.2) is 14.2 Å². The number of aromatic nitrogens is 2. The van der Waals surface area contributed by atoms with Crippen molar-refractivity contribution in [2.24, 2.45) is 5.92 Å². The molecule has 4 rings (SSSR count). The monoisotopic (exact) mass is 558 g/mol. The van der Waals surface area contributed by atoms with Crippen LogP contribution in [0, 0.1) is 5.92 Å². The lowest BCUT2D eigenvalue weighted by molar-refractivity contribution is 0.0696. The number of methoxy groups -OCH3 is 1. The van der Waals surface area contributed by atoms with Crippen molar-refractivity contribution < 1.29 is 19.0 Å². The molecule has 1 aliphatic heterocycles. The van der Waals surface area contributed by atoms with Crippen LogP contribution in [0.5, 0.6) is 5.75 Å². The van der Waals surface area contributed by atoms with Crippen molar-refractivity contribution in [3.05, 3.63) is 106 Å². The van der Waals surface area contributed by atoms with Gasteiger partial charge in [0.1, 0.15) is 11.6 Å². The van der Waals surface area contributed by atoms with Gasteiger partial charge in [0.05, 0.1) is 29.6 Å². The van der Waals surface area contributed by atoms with E-state index in [1.165, 1.54) is 23.9 Å². The predicted octanol–water partition coefficient (Wildman–Crippen LogP) is 8.03. The summed E-state index contributed by atoms with van der Waals surface area (Å²) in [4.78, 5) is 16.1. The summed E-state index contributed by atoms with van der Waals surface area (Å²) in [5.74, 6) is -0.792. The number of allylic oxidation sites excluding steroid dienone is 5. The lowest BCUT2D eigenvalue weighted by atomic mass is 9.70. The predicted molar refractivity (Wildman–Crippen MR) is 147 cm³/mol. The number of carboxylic acids is 1. The second-order valence-corrected chi connectivity index (χ2v) is 10.6. The molecule has 2 heterocycles. The highest BCUT2D eigenvalue weighted by molar-refractivity contribution is 7.98. The SMILES string of the molecule is C=C1C=CC(F)=CC(C)C(C)(c2ccc(Cl)c(OC)c2)c2cnc(SCc3cc(C(=O)O)ccc3Cl)n21. The fourth-order valence-electron chi connectivity index (χ4n) is 4.38. The van der Waals surface area contributed by atoms with Gasteiger partial charge >= 0.3 is 5.97 Å². The van der Waals surface area contributed by atoms with Crippen LogP contribution in [0.2, 0.25) is 10.0 Å². The number of nitrogens with zero attached hydrogens (tertiary/aromatic N) is 2. The van der Waals surface area contributed by atoms with E-state index in [9.17, 15) is 14.3 Å². The van der Waals surface area contributed by atoms with E-state index in [1.54, 1.807) is 43.7 Å². The molecule has 1 aliphatic rings. The number of rotatable bonds is 6. The third-order valence-electron chi connectivity index (χ3n) is 6.70. The Labute approximate surface area is 229 Å². The molecule has 3 aromatic rings. The third kappa shape index (κ3) is 5.21. The number of benzene rings is 2. The number of carbonyl (C=O) groups is 1. The van der Waals surface area contributed by atoms with Gasteiger partial charge in [-0.2, -0.15) is 0 Å². The number of fused-ring (bicyclic) bond motifs is 1. The molecule has 0 radical (unpaired) electrons. The van der Waals surface area contributed by atoms with Crippen LogP contribution < -0.4 is 4.74 Å². The number of ether oxygens (including phenoxy) is 1. The van der Waals surface area contributed by atoms with Gasteiger partial charge < -0.3 is 9.84 Å². The summed E-state index contributed by atoms with van der Waals surface area (Å²) in [6.07, 6.45) is 6.35. The van der Waals surface area contributed by atoms with Crippen molar-refractivity contribution in [2.45, 2.75) is 30.2 Å². The molecule has 2 unspecified atom stereocenters. The maximum absolute atomic E-state index is 14.8. The van der Waals surface area contributed by atoms with Crippen molar-refractivity contribution in [1.29, 1.82) is 0 Å². The molecule has 0 saturated carbocycles. The van der Waals surface area contributed by atoms with Crippen LogP contribution >= 0.6 is 35.0 Å². The Hall–Kier alpha value is -3.00. The maximum atomic E-state index is 14.8. The Bertz CT molecular complexity index is 1450. The molecule has 2 atom stereocenters. The Balaban J connectivity index is 1.84. The zero-order valence-electron chi connectivity index (χ0n) is 20.5. The zero-order valence-corrected chi connectivity index (χ0v) is 22.8. The molecule has 9 heteroatoms. The quantitative estimate of drug-likeness (QED) is 0.310. The first kappa shape index (κ1) is 27.0. The molecule has 37 heavy (non-hydrogen) atoms. The average molecular weight is 559 g/mol. The second-order valence-electron chi connectivity index (χ2n) is 8.88. The van der Waals surface area contributed by atoms with Gasteiger partial charge in [-0.15, -0.1) is 0 Å². The molecule has 1 N–H and O–H groups in total. The highest BCUT2D eigenvalue weighted by atomic mass is 35.5. The van der Waals surface area contributed by atoms with E-state index in [-0.39, 0.29) is 17.3 Å². The van der Waals surface area contributed by atoms with Crippen molar-refractivity contribution in [3.63, 3.8) is 0 Å². The molecule has 0 fully saturated rings. The first-order valence-electron chi connectivity index (χ1n) is 11.4. The molecule has 0 aliphatic carbocycles. The minimum Gasteiger partial charge on any atom is -0.495 e. The van der Waals surface area contributed by atoms with Crippen LogP contribution in [0.1, 0.15) is 41.0 Å². The highest BCUT2D eigenvalue weighted by Crippen LogP contribution is 2.45. The molecule has 0 spiro atoms. The third-order valence-corrected chi connectivity index (χ3v) is 8.39. The zero-order chi connectivity index (χ0) is 26.9. The normalized spacial score (nSPS) is 19.5. The van der Waals surface area contributed by atoms with Gasteiger partial charge in [0.25, 0.3) is 0 Å². The van der Waals surface area contributed by atoms with Crippen molar-refractivity contribution >= 4 is 46.6 Å². The van der Waals surface area contributed by atoms with Crippen molar-refractivity contribution in [2.75, 3.05) is 7.11 Å². The van der Waals surface area contributed by atoms with E-state index in [0.29, 0.717) is 38.0 Å². The number of thioether (sulfide) groups is 1. The second kappa shape index (κ2) is 10.8. The van der Waals surface area contributed by atoms with Gasteiger partial charge in [0, 0.05) is 21.9 Å². The van der Waals surface area contributed by atoms with E-state index >= 15 is 0 Å².